The van der Waals surface area contributed by atoms with Crippen molar-refractivity contribution in [3.8, 4) is 11.5 Å². The second-order valence-corrected chi connectivity index (χ2v) is 6.29. The Hall–Kier alpha value is -2.36. The Balaban J connectivity index is 2.20. The predicted molar refractivity (Wildman–Crippen MR) is 69.7 cm³/mol. The van der Waals surface area contributed by atoms with E-state index < -0.39 is 27.8 Å². The fourth-order valence-corrected chi connectivity index (χ4v) is 2.12. The van der Waals surface area contributed by atoms with Gasteiger partial charge in [-0.05, 0) is 24.3 Å². The molecule has 1 N–H and O–H groups in total. The minimum atomic E-state index is -5.04. The summed E-state index contributed by atoms with van der Waals surface area (Å²) in [5.74, 6) is -2.70. The number of aromatic nitrogens is 1. The number of nitrogens with zero attached hydrogens (tertiary/aromatic N) is 1. The first kappa shape index (κ1) is 16.0. The second kappa shape index (κ2) is 5.44. The second-order valence-electron chi connectivity index (χ2n) is 4.28. The van der Waals surface area contributed by atoms with E-state index in [4.69, 9.17) is 4.42 Å². The third-order valence-corrected chi connectivity index (χ3v) is 3.66. The van der Waals surface area contributed by atoms with Gasteiger partial charge in [0.2, 0.25) is 11.8 Å². The standard InChI is InChI=1S/C12H9F3N2O4S/c1-22(19,20)8-4-2-7(3-5-8)10-16-6-9(21-10)17-11(18)12(13,14)15/h2-6H,1H3,(H,17,18). The molecule has 0 unspecified atom stereocenters. The van der Waals surface area contributed by atoms with Gasteiger partial charge in [-0.1, -0.05) is 0 Å². The van der Waals surface area contributed by atoms with Crippen LogP contribution in [0.3, 0.4) is 0 Å². The molecule has 0 aliphatic heterocycles. The molecule has 6 nitrogen and oxygen atoms in total. The highest BCUT2D eigenvalue weighted by molar-refractivity contribution is 7.90. The van der Waals surface area contributed by atoms with Crippen molar-refractivity contribution in [3.63, 3.8) is 0 Å². The highest BCUT2D eigenvalue weighted by Gasteiger charge is 2.39. The predicted octanol–water partition coefficient (Wildman–Crippen LogP) is 2.25. The van der Waals surface area contributed by atoms with Crippen molar-refractivity contribution < 1.29 is 30.8 Å². The molecule has 1 amide bonds. The van der Waals surface area contributed by atoms with Crippen LogP contribution in [0.2, 0.25) is 0 Å². The van der Waals surface area contributed by atoms with Gasteiger partial charge in [0, 0.05) is 11.8 Å². The van der Waals surface area contributed by atoms with Gasteiger partial charge in [0.25, 0.3) is 0 Å². The van der Waals surface area contributed by atoms with Crippen molar-refractivity contribution in [2.75, 3.05) is 11.6 Å². The van der Waals surface area contributed by atoms with Crippen LogP contribution >= 0.6 is 0 Å². The van der Waals surface area contributed by atoms with Gasteiger partial charge in [-0.2, -0.15) is 13.2 Å². The van der Waals surface area contributed by atoms with E-state index in [-0.39, 0.29) is 10.8 Å². The molecule has 0 spiro atoms. The van der Waals surface area contributed by atoms with Crippen molar-refractivity contribution in [3.05, 3.63) is 30.5 Å². The van der Waals surface area contributed by atoms with Crippen molar-refractivity contribution in [2.24, 2.45) is 0 Å². The zero-order valence-corrected chi connectivity index (χ0v) is 11.8. The SMILES string of the molecule is CS(=O)(=O)c1ccc(-c2ncc(NC(=O)C(F)(F)F)o2)cc1. The molecule has 0 aliphatic carbocycles. The first-order chi connectivity index (χ1) is 10.1. The Labute approximate surface area is 122 Å². The number of carbonyl (C=O) groups excluding carboxylic acids is 1. The summed E-state index contributed by atoms with van der Waals surface area (Å²) >= 11 is 0. The smallest absolute Gasteiger partial charge is 0.420 e. The summed E-state index contributed by atoms with van der Waals surface area (Å²) in [7, 11) is -3.36. The maximum absolute atomic E-state index is 12.1. The van der Waals surface area contributed by atoms with Crippen LogP contribution in [0.5, 0.6) is 0 Å². The topological polar surface area (TPSA) is 89.3 Å². The molecule has 1 heterocycles. The number of carbonyl (C=O) groups is 1. The van der Waals surface area contributed by atoms with E-state index in [0.29, 0.717) is 5.56 Å². The van der Waals surface area contributed by atoms with Crippen molar-refractivity contribution in [2.45, 2.75) is 11.1 Å². The fourth-order valence-electron chi connectivity index (χ4n) is 1.49. The molecule has 1 aromatic heterocycles. The van der Waals surface area contributed by atoms with Crippen LogP contribution in [-0.2, 0) is 14.6 Å². The van der Waals surface area contributed by atoms with E-state index in [1.165, 1.54) is 29.6 Å². The lowest BCUT2D eigenvalue weighted by molar-refractivity contribution is -0.167. The summed E-state index contributed by atoms with van der Waals surface area (Å²) in [6.07, 6.45) is -3.08. The molecule has 10 heteroatoms. The lowest BCUT2D eigenvalue weighted by Crippen LogP contribution is -2.29. The van der Waals surface area contributed by atoms with Crippen LogP contribution < -0.4 is 5.32 Å². The largest absolute Gasteiger partial charge is 0.471 e. The van der Waals surface area contributed by atoms with E-state index in [0.717, 1.165) is 12.5 Å². The van der Waals surface area contributed by atoms with Gasteiger partial charge < -0.3 is 4.42 Å². The lowest BCUT2D eigenvalue weighted by atomic mass is 10.2. The van der Waals surface area contributed by atoms with Crippen LogP contribution in [0, 0.1) is 0 Å². The molecule has 1 aromatic carbocycles. The third-order valence-electron chi connectivity index (χ3n) is 2.53. The minimum absolute atomic E-state index is 0.0578. The molecule has 0 fully saturated rings. The number of oxazole rings is 1. The summed E-state index contributed by atoms with van der Waals surface area (Å²) in [6.45, 7) is 0. The molecular formula is C12H9F3N2O4S. The summed E-state index contributed by atoms with van der Waals surface area (Å²) in [4.78, 5) is 14.5. The lowest BCUT2D eigenvalue weighted by Gasteiger charge is -2.04. The maximum atomic E-state index is 12.1. The van der Waals surface area contributed by atoms with E-state index in [2.05, 4.69) is 4.98 Å². The Bertz CT molecular complexity index is 795. The molecule has 0 aliphatic rings. The third kappa shape index (κ3) is 3.64. The van der Waals surface area contributed by atoms with E-state index in [1.54, 1.807) is 0 Å². The zero-order chi connectivity index (χ0) is 16.5. The number of rotatable bonds is 3. The molecule has 118 valence electrons. The quantitative estimate of drug-likeness (QED) is 0.930. The number of benzene rings is 1. The number of anilines is 1. The van der Waals surface area contributed by atoms with Gasteiger partial charge in [-0.15, -0.1) is 0 Å². The Morgan fingerprint density at radius 2 is 1.82 bits per heavy atom. The molecule has 0 saturated heterocycles. The Kier molecular flexibility index (Phi) is 3.96. The number of amides is 1. The molecular weight excluding hydrogens is 325 g/mol. The zero-order valence-electron chi connectivity index (χ0n) is 11.0. The normalized spacial score (nSPS) is 12.2. The number of alkyl halides is 3. The first-order valence-electron chi connectivity index (χ1n) is 5.72. The molecule has 0 saturated carbocycles. The van der Waals surface area contributed by atoms with Gasteiger partial charge >= 0.3 is 12.1 Å². The Morgan fingerprint density at radius 3 is 2.32 bits per heavy atom. The molecule has 2 aromatic rings. The van der Waals surface area contributed by atoms with Crippen LogP contribution in [-0.4, -0.2) is 31.7 Å². The summed E-state index contributed by atoms with van der Waals surface area (Å²) < 4.78 is 63.9. The maximum Gasteiger partial charge on any atom is 0.471 e. The summed E-state index contributed by atoms with van der Waals surface area (Å²) in [5, 5.41) is 1.52. The molecule has 0 radical (unpaired) electrons. The van der Waals surface area contributed by atoms with Crippen LogP contribution in [0.4, 0.5) is 19.1 Å². The average Bonchev–Trinajstić information content (AvgIpc) is 2.85. The minimum Gasteiger partial charge on any atom is -0.420 e. The summed E-state index contributed by atoms with van der Waals surface area (Å²) in [5.41, 5.74) is 0.347. The number of hydrogen-bond donors (Lipinski definition) is 1. The van der Waals surface area contributed by atoms with E-state index in [9.17, 15) is 26.4 Å². The van der Waals surface area contributed by atoms with Crippen LogP contribution in [0.25, 0.3) is 11.5 Å². The number of halogens is 3. The molecule has 0 bridgehead atoms. The van der Waals surface area contributed by atoms with Gasteiger partial charge in [-0.25, -0.2) is 13.4 Å². The molecule has 22 heavy (non-hydrogen) atoms. The average molecular weight is 334 g/mol. The number of sulfone groups is 1. The van der Waals surface area contributed by atoms with Crippen molar-refractivity contribution >= 4 is 21.6 Å². The van der Waals surface area contributed by atoms with Gasteiger partial charge in [0.05, 0.1) is 11.1 Å². The van der Waals surface area contributed by atoms with E-state index in [1.807, 2.05) is 0 Å². The van der Waals surface area contributed by atoms with Gasteiger partial charge in [-0.3, -0.25) is 10.1 Å². The monoisotopic (exact) mass is 334 g/mol. The molecule has 0 atom stereocenters. The molecule has 2 rings (SSSR count). The fraction of sp³-hybridized carbons (Fsp3) is 0.167. The Morgan fingerprint density at radius 1 is 1.23 bits per heavy atom. The number of hydrogen-bond acceptors (Lipinski definition) is 5. The van der Waals surface area contributed by atoms with Crippen LogP contribution in [0.1, 0.15) is 0 Å². The van der Waals surface area contributed by atoms with Gasteiger partial charge in [0.15, 0.2) is 9.84 Å². The summed E-state index contributed by atoms with van der Waals surface area (Å²) in [6, 6.07) is 5.39. The van der Waals surface area contributed by atoms with Crippen LogP contribution in [0.15, 0.2) is 39.8 Å². The van der Waals surface area contributed by atoms with Gasteiger partial charge in [0.1, 0.15) is 0 Å². The first-order valence-corrected chi connectivity index (χ1v) is 7.61. The van der Waals surface area contributed by atoms with E-state index >= 15 is 0 Å². The highest BCUT2D eigenvalue weighted by Crippen LogP contribution is 2.24. The highest BCUT2D eigenvalue weighted by atomic mass is 32.2. The van der Waals surface area contributed by atoms with Crippen molar-refractivity contribution in [1.29, 1.82) is 0 Å². The number of nitrogens with one attached hydrogen (secondary N) is 1. The van der Waals surface area contributed by atoms with Crippen molar-refractivity contribution in [1.82, 2.24) is 4.98 Å².